The maximum absolute atomic E-state index is 12.4. The number of sulfonamides is 1. The summed E-state index contributed by atoms with van der Waals surface area (Å²) < 4.78 is 60.5. The van der Waals surface area contributed by atoms with Gasteiger partial charge in [-0.05, 0) is 31.0 Å². The standard InChI is InChI=1S/C15H21F2N3O5S/c1-2-24-14(21)12-9-18-20-13(12)26(22,23)19-8-7-10-3-5-11(6-4-10)25-15(16)17/h3-6,12-13,15,18-20H,2,7-9H2,1H3. The second-order valence-corrected chi connectivity index (χ2v) is 7.40. The van der Waals surface area contributed by atoms with E-state index in [4.69, 9.17) is 4.74 Å². The summed E-state index contributed by atoms with van der Waals surface area (Å²) in [4.78, 5) is 11.8. The van der Waals surface area contributed by atoms with Crippen LogP contribution in [0.2, 0.25) is 0 Å². The molecule has 0 bridgehead atoms. The van der Waals surface area contributed by atoms with Gasteiger partial charge in [0.25, 0.3) is 0 Å². The van der Waals surface area contributed by atoms with E-state index in [0.717, 1.165) is 5.56 Å². The fraction of sp³-hybridized carbons (Fsp3) is 0.533. The zero-order valence-electron chi connectivity index (χ0n) is 14.1. The molecule has 8 nitrogen and oxygen atoms in total. The lowest BCUT2D eigenvalue weighted by molar-refractivity contribution is -0.147. The Balaban J connectivity index is 1.88. The lowest BCUT2D eigenvalue weighted by atomic mass is 10.1. The van der Waals surface area contributed by atoms with Crippen molar-refractivity contribution in [2.24, 2.45) is 5.92 Å². The lowest BCUT2D eigenvalue weighted by Crippen LogP contribution is -2.47. The molecule has 1 saturated heterocycles. The Hall–Kier alpha value is -1.82. The number of carbonyl (C=O) groups is 1. The van der Waals surface area contributed by atoms with Gasteiger partial charge in [0, 0.05) is 13.1 Å². The molecule has 1 aliphatic heterocycles. The second kappa shape index (κ2) is 9.21. The molecule has 0 aromatic heterocycles. The van der Waals surface area contributed by atoms with Gasteiger partial charge in [-0.15, -0.1) is 0 Å². The van der Waals surface area contributed by atoms with Gasteiger partial charge in [-0.1, -0.05) is 12.1 Å². The molecule has 0 amide bonds. The molecule has 11 heteroatoms. The first-order valence-electron chi connectivity index (χ1n) is 8.00. The van der Waals surface area contributed by atoms with E-state index >= 15 is 0 Å². The molecule has 0 spiro atoms. The predicted octanol–water partition coefficient (Wildman–Crippen LogP) is 0.363. The van der Waals surface area contributed by atoms with Crippen molar-refractivity contribution in [1.29, 1.82) is 0 Å². The van der Waals surface area contributed by atoms with Crippen LogP contribution in [0.1, 0.15) is 12.5 Å². The molecule has 0 saturated carbocycles. The van der Waals surface area contributed by atoms with Crippen molar-refractivity contribution >= 4 is 16.0 Å². The van der Waals surface area contributed by atoms with Crippen LogP contribution in [0.15, 0.2) is 24.3 Å². The third-order valence-electron chi connectivity index (χ3n) is 3.72. The van der Waals surface area contributed by atoms with Crippen molar-refractivity contribution in [2.45, 2.75) is 25.3 Å². The van der Waals surface area contributed by atoms with Crippen LogP contribution in [0, 0.1) is 5.92 Å². The SMILES string of the molecule is CCOC(=O)C1CNNC1S(=O)(=O)NCCc1ccc(OC(F)F)cc1. The minimum absolute atomic E-state index is 0.0304. The predicted molar refractivity (Wildman–Crippen MR) is 88.7 cm³/mol. The van der Waals surface area contributed by atoms with Crippen molar-refractivity contribution in [3.63, 3.8) is 0 Å². The summed E-state index contributed by atoms with van der Waals surface area (Å²) in [7, 11) is -3.82. The normalized spacial score (nSPS) is 20.3. The van der Waals surface area contributed by atoms with E-state index in [-0.39, 0.29) is 25.4 Å². The molecule has 1 aromatic rings. The lowest BCUT2D eigenvalue weighted by Gasteiger charge is -2.18. The van der Waals surface area contributed by atoms with E-state index in [1.54, 1.807) is 19.1 Å². The van der Waals surface area contributed by atoms with Crippen LogP contribution in [0.3, 0.4) is 0 Å². The van der Waals surface area contributed by atoms with Gasteiger partial charge in [-0.2, -0.15) is 8.78 Å². The van der Waals surface area contributed by atoms with E-state index in [9.17, 15) is 22.0 Å². The Morgan fingerprint density at radius 1 is 1.35 bits per heavy atom. The first-order chi connectivity index (χ1) is 12.3. The Labute approximate surface area is 150 Å². The number of nitrogens with one attached hydrogen (secondary N) is 3. The van der Waals surface area contributed by atoms with Gasteiger partial charge in [-0.3, -0.25) is 10.2 Å². The van der Waals surface area contributed by atoms with E-state index < -0.39 is 33.9 Å². The van der Waals surface area contributed by atoms with Gasteiger partial charge in [0.1, 0.15) is 11.7 Å². The zero-order chi connectivity index (χ0) is 19.2. The van der Waals surface area contributed by atoms with Gasteiger partial charge < -0.3 is 9.47 Å². The molecule has 1 aliphatic rings. The number of rotatable bonds is 9. The Kier molecular flexibility index (Phi) is 7.26. The third kappa shape index (κ3) is 5.59. The monoisotopic (exact) mass is 393 g/mol. The average molecular weight is 393 g/mol. The fourth-order valence-electron chi connectivity index (χ4n) is 2.49. The largest absolute Gasteiger partial charge is 0.466 e. The van der Waals surface area contributed by atoms with Crippen molar-refractivity contribution in [3.05, 3.63) is 29.8 Å². The number of carbonyl (C=O) groups excluding carboxylic acids is 1. The van der Waals surface area contributed by atoms with Crippen molar-refractivity contribution in [1.82, 2.24) is 15.6 Å². The maximum atomic E-state index is 12.4. The number of benzene rings is 1. The molecule has 146 valence electrons. The van der Waals surface area contributed by atoms with Crippen LogP contribution in [0.25, 0.3) is 0 Å². The average Bonchev–Trinajstić information content (AvgIpc) is 3.07. The van der Waals surface area contributed by atoms with Crippen LogP contribution in [0.5, 0.6) is 5.75 Å². The Morgan fingerprint density at radius 2 is 2.04 bits per heavy atom. The Morgan fingerprint density at radius 3 is 2.65 bits per heavy atom. The number of halogens is 2. The molecule has 0 radical (unpaired) electrons. The van der Waals surface area contributed by atoms with Crippen molar-refractivity contribution in [2.75, 3.05) is 19.7 Å². The molecule has 1 aromatic carbocycles. The topological polar surface area (TPSA) is 106 Å². The first-order valence-corrected chi connectivity index (χ1v) is 9.55. The molecule has 2 atom stereocenters. The number of hydrogen-bond acceptors (Lipinski definition) is 7. The van der Waals surface area contributed by atoms with Crippen LogP contribution in [0.4, 0.5) is 8.78 Å². The van der Waals surface area contributed by atoms with Gasteiger partial charge >= 0.3 is 12.6 Å². The van der Waals surface area contributed by atoms with E-state index in [0.29, 0.717) is 6.42 Å². The van der Waals surface area contributed by atoms with Gasteiger partial charge in [-0.25, -0.2) is 18.6 Å². The number of hydrogen-bond donors (Lipinski definition) is 3. The van der Waals surface area contributed by atoms with Crippen LogP contribution >= 0.6 is 0 Å². The highest BCUT2D eigenvalue weighted by Gasteiger charge is 2.42. The van der Waals surface area contributed by atoms with E-state index in [1.165, 1.54) is 12.1 Å². The highest BCUT2D eigenvalue weighted by molar-refractivity contribution is 7.90. The minimum atomic E-state index is -3.82. The van der Waals surface area contributed by atoms with Crippen LogP contribution in [-0.4, -0.2) is 46.1 Å². The summed E-state index contributed by atoms with van der Waals surface area (Å²) in [5.74, 6) is -1.41. The van der Waals surface area contributed by atoms with Crippen molar-refractivity contribution in [3.8, 4) is 5.75 Å². The number of ether oxygens (including phenoxy) is 2. The molecule has 0 aliphatic carbocycles. The zero-order valence-corrected chi connectivity index (χ0v) is 14.9. The van der Waals surface area contributed by atoms with Gasteiger partial charge in [0.05, 0.1) is 6.61 Å². The molecule has 26 heavy (non-hydrogen) atoms. The second-order valence-electron chi connectivity index (χ2n) is 5.52. The summed E-state index contributed by atoms with van der Waals surface area (Å²) in [6.07, 6.45) is 0.346. The quantitative estimate of drug-likeness (QED) is 0.520. The molecule has 3 N–H and O–H groups in total. The third-order valence-corrected chi connectivity index (χ3v) is 5.44. The summed E-state index contributed by atoms with van der Waals surface area (Å²) in [6, 6.07) is 5.91. The van der Waals surface area contributed by atoms with Crippen molar-refractivity contribution < 1.29 is 31.5 Å². The number of esters is 1. The highest BCUT2D eigenvalue weighted by atomic mass is 32.2. The van der Waals surface area contributed by atoms with Gasteiger partial charge in [0.15, 0.2) is 5.37 Å². The Bertz CT molecular complexity index is 700. The molecule has 1 fully saturated rings. The fourth-order valence-corrected chi connectivity index (χ4v) is 3.94. The molecule has 2 unspecified atom stereocenters. The van der Waals surface area contributed by atoms with E-state index in [1.807, 2.05) is 0 Å². The van der Waals surface area contributed by atoms with Gasteiger partial charge in [0.2, 0.25) is 10.0 Å². The smallest absolute Gasteiger partial charge is 0.387 e. The molecule has 2 rings (SSSR count). The molecular formula is C15H21F2N3O5S. The highest BCUT2D eigenvalue weighted by Crippen LogP contribution is 2.17. The summed E-state index contributed by atoms with van der Waals surface area (Å²) in [6.45, 7) is -0.845. The van der Waals surface area contributed by atoms with E-state index in [2.05, 4.69) is 20.3 Å². The number of alkyl halides is 2. The first kappa shape index (κ1) is 20.5. The number of hydrazine groups is 1. The molecular weight excluding hydrogens is 372 g/mol. The maximum Gasteiger partial charge on any atom is 0.387 e. The van der Waals surface area contributed by atoms with Crippen LogP contribution < -0.4 is 20.3 Å². The van der Waals surface area contributed by atoms with Crippen LogP contribution in [-0.2, 0) is 26.0 Å². The summed E-state index contributed by atoms with van der Waals surface area (Å²) in [5, 5.41) is -1.14. The summed E-state index contributed by atoms with van der Waals surface area (Å²) >= 11 is 0. The summed E-state index contributed by atoms with van der Waals surface area (Å²) in [5.41, 5.74) is 5.97. The molecule has 1 heterocycles. The minimum Gasteiger partial charge on any atom is -0.466 e.